The number of ether oxygens (including phenoxy) is 2. The van der Waals surface area contributed by atoms with E-state index in [0.29, 0.717) is 17.9 Å². The highest BCUT2D eigenvalue weighted by molar-refractivity contribution is 6.01. The van der Waals surface area contributed by atoms with Crippen molar-refractivity contribution in [3.8, 4) is 5.75 Å². The van der Waals surface area contributed by atoms with Crippen molar-refractivity contribution >= 4 is 29.0 Å². The van der Waals surface area contributed by atoms with E-state index in [9.17, 15) is 9.59 Å². The highest BCUT2D eigenvalue weighted by Gasteiger charge is 2.12. The SMILES string of the molecule is CCOC(=O)Cn1cc(/C=N\NC(=O)c2ccccc2OC)c2ccccc21. The van der Waals surface area contributed by atoms with Crippen molar-refractivity contribution in [2.75, 3.05) is 13.7 Å². The van der Waals surface area contributed by atoms with Crippen LogP contribution in [0.4, 0.5) is 0 Å². The molecule has 0 spiro atoms. The average molecular weight is 379 g/mol. The summed E-state index contributed by atoms with van der Waals surface area (Å²) in [5.41, 5.74) is 4.56. The van der Waals surface area contributed by atoms with Gasteiger partial charge in [-0.2, -0.15) is 5.10 Å². The Morgan fingerprint density at radius 2 is 1.89 bits per heavy atom. The van der Waals surface area contributed by atoms with Crippen molar-refractivity contribution < 1.29 is 19.1 Å². The predicted molar refractivity (Wildman–Crippen MR) is 107 cm³/mol. The Kier molecular flexibility index (Phi) is 6.06. The lowest BCUT2D eigenvalue weighted by molar-refractivity contribution is -0.143. The minimum Gasteiger partial charge on any atom is -0.496 e. The molecule has 7 heteroatoms. The standard InChI is InChI=1S/C21H21N3O4/c1-3-28-20(25)14-24-13-15(16-8-4-6-10-18(16)24)12-22-23-21(26)17-9-5-7-11-19(17)27-2/h4-13H,3,14H2,1-2H3,(H,23,26)/b22-12-. The third-order valence-electron chi connectivity index (χ3n) is 4.15. The van der Waals surface area contributed by atoms with Crippen LogP contribution in [-0.2, 0) is 16.1 Å². The minimum atomic E-state index is -0.371. The second-order valence-electron chi connectivity index (χ2n) is 5.93. The summed E-state index contributed by atoms with van der Waals surface area (Å²) in [6.45, 7) is 2.21. The summed E-state index contributed by atoms with van der Waals surface area (Å²) >= 11 is 0. The molecule has 0 aliphatic heterocycles. The van der Waals surface area contributed by atoms with E-state index in [-0.39, 0.29) is 18.4 Å². The Morgan fingerprint density at radius 1 is 1.14 bits per heavy atom. The van der Waals surface area contributed by atoms with Gasteiger partial charge in [-0.15, -0.1) is 0 Å². The number of nitrogens with one attached hydrogen (secondary N) is 1. The molecule has 0 aliphatic carbocycles. The average Bonchev–Trinajstić information content (AvgIpc) is 3.05. The summed E-state index contributed by atoms with van der Waals surface area (Å²) < 4.78 is 12.0. The minimum absolute atomic E-state index is 0.107. The molecule has 3 rings (SSSR count). The second kappa shape index (κ2) is 8.85. The Balaban J connectivity index is 1.80. The molecule has 7 nitrogen and oxygen atoms in total. The van der Waals surface area contributed by atoms with E-state index in [2.05, 4.69) is 10.5 Å². The van der Waals surface area contributed by atoms with Crippen LogP contribution in [0.1, 0.15) is 22.8 Å². The van der Waals surface area contributed by atoms with Crippen molar-refractivity contribution in [3.63, 3.8) is 0 Å². The van der Waals surface area contributed by atoms with Gasteiger partial charge in [0.25, 0.3) is 5.91 Å². The van der Waals surface area contributed by atoms with Crippen LogP contribution in [0.25, 0.3) is 10.9 Å². The van der Waals surface area contributed by atoms with Gasteiger partial charge in [-0.1, -0.05) is 30.3 Å². The molecule has 0 bridgehead atoms. The van der Waals surface area contributed by atoms with Gasteiger partial charge in [-0.3, -0.25) is 9.59 Å². The van der Waals surface area contributed by atoms with Gasteiger partial charge in [0.15, 0.2) is 0 Å². The lowest BCUT2D eigenvalue weighted by atomic mass is 10.2. The zero-order valence-corrected chi connectivity index (χ0v) is 15.7. The van der Waals surface area contributed by atoms with Crippen LogP contribution in [0.5, 0.6) is 5.75 Å². The molecule has 2 aromatic carbocycles. The van der Waals surface area contributed by atoms with Crippen molar-refractivity contribution in [3.05, 3.63) is 65.9 Å². The van der Waals surface area contributed by atoms with Crippen LogP contribution in [0.2, 0.25) is 0 Å². The molecule has 28 heavy (non-hydrogen) atoms. The number of rotatable bonds is 7. The van der Waals surface area contributed by atoms with E-state index in [4.69, 9.17) is 9.47 Å². The predicted octanol–water partition coefficient (Wildman–Crippen LogP) is 2.98. The molecular weight excluding hydrogens is 358 g/mol. The molecule has 0 radical (unpaired) electrons. The van der Waals surface area contributed by atoms with Gasteiger partial charge >= 0.3 is 5.97 Å². The van der Waals surface area contributed by atoms with Crippen molar-refractivity contribution in [1.29, 1.82) is 0 Å². The molecule has 0 aliphatic rings. The van der Waals surface area contributed by atoms with Gasteiger partial charge in [-0.05, 0) is 25.1 Å². The number of para-hydroxylation sites is 2. The van der Waals surface area contributed by atoms with Crippen LogP contribution in [0.15, 0.2) is 59.8 Å². The normalized spacial score (nSPS) is 10.9. The summed E-state index contributed by atoms with van der Waals surface area (Å²) in [5, 5.41) is 4.98. The molecular formula is C21H21N3O4. The van der Waals surface area contributed by atoms with Crippen LogP contribution >= 0.6 is 0 Å². The third kappa shape index (κ3) is 4.20. The highest BCUT2D eigenvalue weighted by atomic mass is 16.5. The smallest absolute Gasteiger partial charge is 0.325 e. The van der Waals surface area contributed by atoms with E-state index in [1.54, 1.807) is 48.2 Å². The number of aromatic nitrogens is 1. The molecule has 144 valence electrons. The van der Waals surface area contributed by atoms with Gasteiger partial charge in [0, 0.05) is 22.7 Å². The first-order valence-electron chi connectivity index (χ1n) is 8.84. The summed E-state index contributed by atoms with van der Waals surface area (Å²) in [6, 6.07) is 14.6. The lowest BCUT2D eigenvalue weighted by Crippen LogP contribution is -2.18. The number of hydrogen-bond donors (Lipinski definition) is 1. The van der Waals surface area contributed by atoms with Crippen LogP contribution < -0.4 is 10.2 Å². The number of nitrogens with zero attached hydrogens (tertiary/aromatic N) is 2. The maximum absolute atomic E-state index is 12.3. The Morgan fingerprint density at radius 3 is 2.68 bits per heavy atom. The number of hydrogen-bond acceptors (Lipinski definition) is 5. The Hall–Kier alpha value is -3.61. The Bertz CT molecular complexity index is 1020. The molecule has 0 saturated heterocycles. The van der Waals surface area contributed by atoms with Gasteiger partial charge < -0.3 is 14.0 Å². The monoisotopic (exact) mass is 379 g/mol. The van der Waals surface area contributed by atoms with Crippen molar-refractivity contribution in [1.82, 2.24) is 9.99 Å². The van der Waals surface area contributed by atoms with E-state index in [0.717, 1.165) is 16.5 Å². The van der Waals surface area contributed by atoms with Crippen LogP contribution in [-0.4, -0.2) is 36.4 Å². The molecule has 1 N–H and O–H groups in total. The first-order chi connectivity index (χ1) is 13.6. The van der Waals surface area contributed by atoms with Gasteiger partial charge in [0.1, 0.15) is 12.3 Å². The fraction of sp³-hybridized carbons (Fsp3) is 0.190. The van der Waals surface area contributed by atoms with E-state index in [1.165, 1.54) is 7.11 Å². The number of esters is 1. The van der Waals surface area contributed by atoms with Gasteiger partial charge in [0.2, 0.25) is 0 Å². The molecule has 0 fully saturated rings. The maximum atomic E-state index is 12.3. The largest absolute Gasteiger partial charge is 0.496 e. The molecule has 1 aromatic heterocycles. The first kappa shape index (κ1) is 19.2. The summed E-state index contributed by atoms with van der Waals surface area (Å²) in [5.74, 6) is -0.207. The fourth-order valence-corrected chi connectivity index (χ4v) is 2.91. The number of hydrazone groups is 1. The van der Waals surface area contributed by atoms with E-state index in [1.807, 2.05) is 24.3 Å². The summed E-state index contributed by atoms with van der Waals surface area (Å²) in [6.07, 6.45) is 3.36. The third-order valence-corrected chi connectivity index (χ3v) is 4.15. The van der Waals surface area contributed by atoms with Gasteiger partial charge in [0.05, 0.1) is 25.5 Å². The van der Waals surface area contributed by atoms with Crippen molar-refractivity contribution in [2.24, 2.45) is 5.10 Å². The van der Waals surface area contributed by atoms with E-state index < -0.39 is 0 Å². The van der Waals surface area contributed by atoms with E-state index >= 15 is 0 Å². The fourth-order valence-electron chi connectivity index (χ4n) is 2.91. The number of carbonyl (C=O) groups is 2. The zero-order chi connectivity index (χ0) is 19.9. The molecule has 0 atom stereocenters. The first-order valence-corrected chi connectivity index (χ1v) is 8.84. The molecule has 1 heterocycles. The topological polar surface area (TPSA) is 81.9 Å². The Labute approximate surface area is 162 Å². The lowest BCUT2D eigenvalue weighted by Gasteiger charge is -2.05. The number of benzene rings is 2. The van der Waals surface area contributed by atoms with Gasteiger partial charge in [-0.25, -0.2) is 5.43 Å². The summed E-state index contributed by atoms with van der Waals surface area (Å²) in [4.78, 5) is 24.2. The summed E-state index contributed by atoms with van der Waals surface area (Å²) in [7, 11) is 1.51. The second-order valence-corrected chi connectivity index (χ2v) is 5.93. The quantitative estimate of drug-likeness (QED) is 0.389. The molecule has 1 amide bonds. The van der Waals surface area contributed by atoms with Crippen LogP contribution in [0.3, 0.4) is 0 Å². The maximum Gasteiger partial charge on any atom is 0.325 e. The zero-order valence-electron chi connectivity index (χ0n) is 15.7. The molecule has 0 saturated carbocycles. The number of fused-ring (bicyclic) bond motifs is 1. The van der Waals surface area contributed by atoms with Crippen molar-refractivity contribution in [2.45, 2.75) is 13.5 Å². The number of methoxy groups -OCH3 is 1. The number of carbonyl (C=O) groups excluding carboxylic acids is 2. The number of amides is 1. The highest BCUT2D eigenvalue weighted by Crippen LogP contribution is 2.20. The molecule has 0 unspecified atom stereocenters. The molecule has 3 aromatic rings. The van der Waals surface area contributed by atoms with Crippen LogP contribution in [0, 0.1) is 0 Å².